The summed E-state index contributed by atoms with van der Waals surface area (Å²) in [6.45, 7) is 5.54. The highest BCUT2D eigenvalue weighted by atomic mass is 32.1. The van der Waals surface area contributed by atoms with Crippen molar-refractivity contribution < 1.29 is 0 Å². The van der Waals surface area contributed by atoms with Crippen molar-refractivity contribution in [3.63, 3.8) is 0 Å². The number of hydrogen-bond acceptors (Lipinski definition) is 3. The highest BCUT2D eigenvalue weighted by Crippen LogP contribution is 2.42. The number of pyridine rings is 1. The molecule has 1 aliphatic carbocycles. The fraction of sp³-hybridized carbons (Fsp3) is 0.500. The molecular weight excluding hydrogens is 276 g/mol. The van der Waals surface area contributed by atoms with E-state index in [0.717, 1.165) is 13.0 Å². The van der Waals surface area contributed by atoms with Crippen LogP contribution in [-0.2, 0) is 12.8 Å². The summed E-state index contributed by atoms with van der Waals surface area (Å²) >= 11 is 1.96. The van der Waals surface area contributed by atoms with Crippen molar-refractivity contribution >= 4 is 11.3 Å². The van der Waals surface area contributed by atoms with E-state index in [4.69, 9.17) is 0 Å². The second-order valence-corrected chi connectivity index (χ2v) is 6.98. The predicted molar refractivity (Wildman–Crippen MR) is 90.0 cm³/mol. The van der Waals surface area contributed by atoms with Crippen LogP contribution in [0, 0.1) is 0 Å². The number of nitrogens with zero attached hydrogens (tertiary/aromatic N) is 1. The first-order chi connectivity index (χ1) is 10.3. The zero-order valence-corrected chi connectivity index (χ0v) is 13.7. The van der Waals surface area contributed by atoms with Crippen LogP contribution in [0.15, 0.2) is 30.5 Å². The fourth-order valence-corrected chi connectivity index (χ4v) is 4.35. The van der Waals surface area contributed by atoms with Gasteiger partial charge in [0.2, 0.25) is 0 Å². The van der Waals surface area contributed by atoms with Gasteiger partial charge in [-0.2, -0.15) is 0 Å². The van der Waals surface area contributed by atoms with Gasteiger partial charge in [-0.05, 0) is 56.0 Å². The molecule has 0 amide bonds. The lowest BCUT2D eigenvalue weighted by Gasteiger charge is -2.24. The molecule has 0 aliphatic heterocycles. The van der Waals surface area contributed by atoms with Gasteiger partial charge in [-0.1, -0.05) is 19.9 Å². The molecule has 3 rings (SSSR count). The summed E-state index contributed by atoms with van der Waals surface area (Å²) in [5.41, 5.74) is 2.76. The van der Waals surface area contributed by atoms with Gasteiger partial charge in [0.25, 0.3) is 0 Å². The molecule has 2 nitrogen and oxygen atoms in total. The number of rotatable bonds is 6. The molecular formula is C18H24N2S. The normalized spacial score (nSPS) is 18.7. The highest BCUT2D eigenvalue weighted by Gasteiger charge is 2.32. The Hall–Kier alpha value is -1.19. The lowest BCUT2D eigenvalue weighted by molar-refractivity contribution is 0.443. The third-order valence-corrected chi connectivity index (χ3v) is 5.67. The van der Waals surface area contributed by atoms with Crippen LogP contribution in [0.5, 0.6) is 0 Å². The smallest absolute Gasteiger partial charge is 0.0499 e. The van der Waals surface area contributed by atoms with Crippen LogP contribution in [-0.4, -0.2) is 11.5 Å². The first kappa shape index (κ1) is 14.7. The summed E-state index contributed by atoms with van der Waals surface area (Å²) in [6.07, 6.45) is 6.63. The van der Waals surface area contributed by atoms with Crippen LogP contribution in [0.3, 0.4) is 0 Å². The predicted octanol–water partition coefficient (Wildman–Crippen LogP) is 4.48. The number of nitrogens with one attached hydrogen (secondary N) is 1. The van der Waals surface area contributed by atoms with E-state index in [1.165, 1.54) is 40.3 Å². The Morgan fingerprint density at radius 1 is 1.33 bits per heavy atom. The Morgan fingerprint density at radius 2 is 2.24 bits per heavy atom. The Labute approximate surface area is 131 Å². The molecule has 3 heteroatoms. The van der Waals surface area contributed by atoms with Gasteiger partial charge in [0.1, 0.15) is 0 Å². The minimum Gasteiger partial charge on any atom is -0.309 e. The fourth-order valence-electron chi connectivity index (χ4n) is 3.26. The summed E-state index contributed by atoms with van der Waals surface area (Å²) < 4.78 is 0. The zero-order chi connectivity index (χ0) is 14.7. The van der Waals surface area contributed by atoms with Gasteiger partial charge in [0, 0.05) is 33.6 Å². The zero-order valence-electron chi connectivity index (χ0n) is 12.9. The molecule has 0 radical (unpaired) electrons. The van der Waals surface area contributed by atoms with Crippen LogP contribution in [0.1, 0.15) is 59.7 Å². The Morgan fingerprint density at radius 3 is 3.00 bits per heavy atom. The maximum atomic E-state index is 4.69. The van der Waals surface area contributed by atoms with E-state index in [-0.39, 0.29) is 0 Å². The third-order valence-electron chi connectivity index (χ3n) is 4.36. The monoisotopic (exact) mass is 300 g/mol. The average Bonchev–Trinajstić information content (AvgIpc) is 3.15. The Bertz CT molecular complexity index is 590. The molecule has 0 saturated heterocycles. The molecule has 21 heavy (non-hydrogen) atoms. The molecule has 2 aromatic rings. The van der Waals surface area contributed by atoms with Crippen molar-refractivity contribution in [1.29, 1.82) is 0 Å². The van der Waals surface area contributed by atoms with E-state index in [1.807, 2.05) is 17.5 Å². The van der Waals surface area contributed by atoms with Gasteiger partial charge in [-0.25, -0.2) is 0 Å². The summed E-state index contributed by atoms with van der Waals surface area (Å²) in [6, 6.07) is 9.33. The molecule has 0 aromatic carbocycles. The molecule has 0 bridgehead atoms. The molecule has 2 atom stereocenters. The quantitative estimate of drug-likeness (QED) is 0.851. The minimum absolute atomic E-state index is 0.423. The molecule has 0 fully saturated rings. The number of aromatic nitrogens is 1. The molecule has 2 heterocycles. The first-order valence-electron chi connectivity index (χ1n) is 8.09. The molecule has 112 valence electrons. The number of thiophene rings is 1. The van der Waals surface area contributed by atoms with Crippen molar-refractivity contribution in [3.8, 4) is 0 Å². The van der Waals surface area contributed by atoms with E-state index in [9.17, 15) is 0 Å². The Balaban J connectivity index is 1.89. The summed E-state index contributed by atoms with van der Waals surface area (Å²) in [4.78, 5) is 7.64. The van der Waals surface area contributed by atoms with Gasteiger partial charge in [-0.3, -0.25) is 4.98 Å². The van der Waals surface area contributed by atoms with Gasteiger partial charge in [0.05, 0.1) is 0 Å². The van der Waals surface area contributed by atoms with Crippen LogP contribution in [0.4, 0.5) is 0 Å². The number of aryl methyl sites for hydroxylation is 2. The molecule has 0 spiro atoms. The molecule has 1 N–H and O–H groups in total. The van der Waals surface area contributed by atoms with Crippen LogP contribution < -0.4 is 5.32 Å². The van der Waals surface area contributed by atoms with Crippen molar-refractivity contribution in [2.45, 2.75) is 51.5 Å². The maximum Gasteiger partial charge on any atom is 0.0499 e. The van der Waals surface area contributed by atoms with Crippen molar-refractivity contribution in [1.82, 2.24) is 10.3 Å². The lowest BCUT2D eigenvalue weighted by Crippen LogP contribution is -2.26. The maximum absolute atomic E-state index is 4.69. The van der Waals surface area contributed by atoms with E-state index in [1.54, 1.807) is 0 Å². The van der Waals surface area contributed by atoms with Crippen molar-refractivity contribution in [2.24, 2.45) is 0 Å². The van der Waals surface area contributed by atoms with Crippen molar-refractivity contribution in [3.05, 3.63) is 51.5 Å². The largest absolute Gasteiger partial charge is 0.309 e. The van der Waals surface area contributed by atoms with E-state index >= 15 is 0 Å². The lowest BCUT2D eigenvalue weighted by atomic mass is 9.95. The topological polar surface area (TPSA) is 24.9 Å². The van der Waals surface area contributed by atoms with Gasteiger partial charge < -0.3 is 5.32 Å². The van der Waals surface area contributed by atoms with E-state index in [0.29, 0.717) is 12.0 Å². The van der Waals surface area contributed by atoms with E-state index in [2.05, 4.69) is 48.4 Å². The number of fused-ring (bicyclic) bond motifs is 1. The molecule has 1 aliphatic rings. The summed E-state index contributed by atoms with van der Waals surface area (Å²) in [5, 5.41) is 3.78. The third kappa shape index (κ3) is 3.04. The average molecular weight is 300 g/mol. The first-order valence-corrected chi connectivity index (χ1v) is 8.91. The molecule has 2 aromatic heterocycles. The van der Waals surface area contributed by atoms with Crippen molar-refractivity contribution in [2.75, 3.05) is 6.54 Å². The van der Waals surface area contributed by atoms with Crippen LogP contribution in [0.2, 0.25) is 0 Å². The number of hydrogen-bond donors (Lipinski definition) is 1. The van der Waals surface area contributed by atoms with E-state index < -0.39 is 0 Å². The standard InChI is InChI=1S/C18H24N2S/c1-3-11-19-18(16-10-8-14(4-2)21-16)15-9-7-13-6-5-12-20-17(13)15/h5-6,8,10,12,15,18-19H,3-4,7,9,11H2,1-2H3. The van der Waals surface area contributed by atoms with Gasteiger partial charge in [0.15, 0.2) is 0 Å². The second kappa shape index (κ2) is 6.71. The second-order valence-electron chi connectivity index (χ2n) is 5.78. The summed E-state index contributed by atoms with van der Waals surface area (Å²) in [5.74, 6) is 0.524. The van der Waals surface area contributed by atoms with Crippen LogP contribution in [0.25, 0.3) is 0 Å². The van der Waals surface area contributed by atoms with Gasteiger partial charge >= 0.3 is 0 Å². The Kier molecular flexibility index (Phi) is 4.71. The van der Waals surface area contributed by atoms with Gasteiger partial charge in [-0.15, -0.1) is 11.3 Å². The highest BCUT2D eigenvalue weighted by molar-refractivity contribution is 7.12. The molecule has 0 saturated carbocycles. The minimum atomic E-state index is 0.423. The SMILES string of the molecule is CCCNC(c1ccc(CC)s1)C1CCc2cccnc21. The summed E-state index contributed by atoms with van der Waals surface area (Å²) in [7, 11) is 0. The van der Waals surface area contributed by atoms with Crippen LogP contribution >= 0.6 is 11.3 Å². The molecule has 2 unspecified atom stereocenters.